The van der Waals surface area contributed by atoms with Crippen molar-refractivity contribution in [3.63, 3.8) is 0 Å². The van der Waals surface area contributed by atoms with Crippen molar-refractivity contribution < 1.29 is 60.6 Å². The van der Waals surface area contributed by atoms with E-state index in [0.29, 0.717) is 0 Å². The first kappa shape index (κ1) is 18.7. The minimum atomic E-state index is -0.306. The van der Waals surface area contributed by atoms with Gasteiger partial charge >= 0.3 is 51.4 Å². The Morgan fingerprint density at radius 3 is 2.38 bits per heavy atom. The number of hydrogen-bond acceptors (Lipinski definition) is 2. The Balaban J connectivity index is 0. The van der Waals surface area contributed by atoms with Crippen molar-refractivity contribution >= 4 is 23.6 Å². The summed E-state index contributed by atoms with van der Waals surface area (Å²) in [6.07, 6.45) is 0.216. The first-order valence-corrected chi connectivity index (χ1v) is 4.67. The molecule has 1 aromatic rings. The predicted octanol–water partition coefficient (Wildman–Crippen LogP) is -0.886. The molecular weight excluding hydrogens is 254 g/mol. The van der Waals surface area contributed by atoms with Crippen LogP contribution in [0.3, 0.4) is 0 Å². The number of halogens is 1. The smallest absolute Gasteiger partial charge is 0.680 e. The average molecular weight is 266 g/mol. The van der Waals surface area contributed by atoms with Crippen LogP contribution in [0.15, 0.2) is 24.3 Å². The second-order valence-electron chi connectivity index (χ2n) is 2.49. The first-order chi connectivity index (χ1) is 7.22. The quantitative estimate of drug-likeness (QED) is 0.570. The van der Waals surface area contributed by atoms with Crippen molar-refractivity contribution in [2.24, 2.45) is 0 Å². The van der Waals surface area contributed by atoms with E-state index in [9.17, 15) is 9.18 Å². The molecular formula is C10H12FKN2OS. The van der Waals surface area contributed by atoms with Gasteiger partial charge < -0.3 is 11.1 Å². The fraction of sp³-hybridized carbons (Fsp3) is 0.200. The predicted molar refractivity (Wildman–Crippen MR) is 62.1 cm³/mol. The van der Waals surface area contributed by atoms with Gasteiger partial charge in [-0.3, -0.25) is 4.79 Å². The molecule has 82 valence electrons. The maximum absolute atomic E-state index is 12.4. The van der Waals surface area contributed by atoms with Gasteiger partial charge in [0.05, 0.1) is 11.9 Å². The Kier molecular flexibility index (Phi) is 13.7. The third kappa shape index (κ3) is 8.46. The van der Waals surface area contributed by atoms with Gasteiger partial charge in [0.1, 0.15) is 5.82 Å². The molecule has 0 aliphatic rings. The summed E-state index contributed by atoms with van der Waals surface area (Å²) in [6.45, 7) is 0. The van der Waals surface area contributed by atoms with Crippen LogP contribution >= 0.6 is 12.2 Å². The zero-order valence-corrected chi connectivity index (χ0v) is 13.2. The summed E-state index contributed by atoms with van der Waals surface area (Å²) in [7, 11) is 1.25. The summed E-state index contributed by atoms with van der Waals surface area (Å²) in [4.78, 5) is 11.0. The van der Waals surface area contributed by atoms with Gasteiger partial charge in [-0.05, 0) is 17.7 Å². The van der Waals surface area contributed by atoms with Gasteiger partial charge in [0.15, 0.2) is 0 Å². The van der Waals surface area contributed by atoms with E-state index in [1.165, 1.54) is 19.2 Å². The van der Waals surface area contributed by atoms with Crippen molar-refractivity contribution in [3.8, 4) is 0 Å². The third-order valence-electron chi connectivity index (χ3n) is 1.50. The van der Waals surface area contributed by atoms with Crippen LogP contribution < -0.4 is 56.7 Å². The fourth-order valence-electron chi connectivity index (χ4n) is 0.904. The molecule has 0 unspecified atom stereocenters. The summed E-state index contributed by atoms with van der Waals surface area (Å²) in [5.41, 5.74) is 7.67. The summed E-state index contributed by atoms with van der Waals surface area (Å²) in [6, 6.07) is 5.77. The van der Waals surface area contributed by atoms with E-state index in [4.69, 9.17) is 5.73 Å². The van der Waals surface area contributed by atoms with Crippen LogP contribution in [-0.4, -0.2) is 18.4 Å². The van der Waals surface area contributed by atoms with E-state index in [0.717, 1.165) is 11.1 Å². The molecule has 0 aliphatic heterocycles. The van der Waals surface area contributed by atoms with Gasteiger partial charge in [-0.1, -0.05) is 24.4 Å². The first-order valence-electron chi connectivity index (χ1n) is 4.20. The van der Waals surface area contributed by atoms with Crippen LogP contribution in [0.5, 0.6) is 0 Å². The van der Waals surface area contributed by atoms with Crippen molar-refractivity contribution in [2.75, 3.05) is 7.05 Å². The molecule has 0 heterocycles. The molecule has 6 heteroatoms. The second-order valence-corrected chi connectivity index (χ2v) is 2.72. The molecule has 0 aliphatic carbocycles. The van der Waals surface area contributed by atoms with Crippen LogP contribution in [0.1, 0.15) is 5.56 Å². The number of benzene rings is 1. The number of rotatable bonds is 3. The van der Waals surface area contributed by atoms with E-state index in [2.05, 4.69) is 17.5 Å². The molecule has 0 saturated carbocycles. The van der Waals surface area contributed by atoms with Crippen molar-refractivity contribution in [1.82, 2.24) is 5.32 Å². The summed E-state index contributed by atoms with van der Waals surface area (Å²) < 4.78 is 12.4. The van der Waals surface area contributed by atoms with Crippen molar-refractivity contribution in [3.05, 3.63) is 41.4 Å². The molecule has 0 aromatic heterocycles. The standard InChI is InChI=1S/C9H8FNOS.CH4N.K/c10-8-3-1-7(2-4-8)5-9(12)11-6-13;1-2;/h1-4,6H,5H2,(H,11,12,13);2H,1H3;/q;-1;+1. The van der Waals surface area contributed by atoms with Gasteiger partial charge in [-0.25, -0.2) is 4.39 Å². The van der Waals surface area contributed by atoms with Gasteiger partial charge in [0.2, 0.25) is 5.91 Å². The van der Waals surface area contributed by atoms with Gasteiger partial charge in [0, 0.05) is 0 Å². The number of carbonyl (C=O) groups excluding carboxylic acids is 1. The summed E-state index contributed by atoms with van der Waals surface area (Å²) in [5, 5.41) is 2.37. The zero-order valence-electron chi connectivity index (χ0n) is 9.29. The van der Waals surface area contributed by atoms with E-state index in [-0.39, 0.29) is 69.5 Å². The largest absolute Gasteiger partial charge is 1.00 e. The molecule has 16 heavy (non-hydrogen) atoms. The number of carbonyl (C=O) groups is 1. The van der Waals surface area contributed by atoms with E-state index >= 15 is 0 Å². The molecule has 3 nitrogen and oxygen atoms in total. The van der Waals surface area contributed by atoms with Gasteiger partial charge in [-0.2, -0.15) is 7.05 Å². The SMILES string of the molecule is C[NH-].O=C(Cc1ccc(F)cc1)NC=S.[K+]. The van der Waals surface area contributed by atoms with Crippen LogP contribution in [0, 0.1) is 5.82 Å². The Morgan fingerprint density at radius 1 is 1.44 bits per heavy atom. The zero-order chi connectivity index (χ0) is 11.7. The Bertz CT molecular complexity index is 319. The van der Waals surface area contributed by atoms with E-state index in [1.54, 1.807) is 12.1 Å². The minimum Gasteiger partial charge on any atom is -0.680 e. The number of hydrogen-bond donors (Lipinski definition) is 1. The topological polar surface area (TPSA) is 52.9 Å². The number of nitrogens with one attached hydrogen (secondary N) is 2. The van der Waals surface area contributed by atoms with Crippen LogP contribution in [0.25, 0.3) is 5.73 Å². The van der Waals surface area contributed by atoms with Crippen molar-refractivity contribution in [1.29, 1.82) is 0 Å². The average Bonchev–Trinajstić information content (AvgIpc) is 2.25. The van der Waals surface area contributed by atoms with Crippen molar-refractivity contribution in [2.45, 2.75) is 6.42 Å². The number of thiocarbonyl (C=S) groups is 1. The molecule has 0 fully saturated rings. The van der Waals surface area contributed by atoms with Crippen LogP contribution in [-0.2, 0) is 11.2 Å². The Labute approximate surface area is 142 Å². The molecule has 1 amide bonds. The monoisotopic (exact) mass is 266 g/mol. The Morgan fingerprint density at radius 2 is 1.94 bits per heavy atom. The van der Waals surface area contributed by atoms with E-state index < -0.39 is 0 Å². The number of amides is 1. The molecule has 1 rings (SSSR count). The summed E-state index contributed by atoms with van der Waals surface area (Å²) >= 11 is 4.45. The molecule has 0 bridgehead atoms. The fourth-order valence-corrected chi connectivity index (χ4v) is 1.04. The van der Waals surface area contributed by atoms with E-state index in [1.807, 2.05) is 0 Å². The molecule has 0 atom stereocenters. The normalized spacial score (nSPS) is 7.94. The molecule has 0 radical (unpaired) electrons. The second kappa shape index (κ2) is 11.8. The van der Waals surface area contributed by atoms with Crippen LogP contribution in [0.4, 0.5) is 4.39 Å². The van der Waals surface area contributed by atoms with Crippen LogP contribution in [0.2, 0.25) is 0 Å². The maximum atomic E-state index is 12.4. The molecule has 0 spiro atoms. The third-order valence-corrected chi connectivity index (χ3v) is 1.62. The summed E-state index contributed by atoms with van der Waals surface area (Å²) in [5.74, 6) is -0.499. The van der Waals surface area contributed by atoms with Gasteiger partial charge in [-0.15, -0.1) is 0 Å². The minimum absolute atomic E-state index is 0. The molecule has 0 saturated heterocycles. The molecule has 1 aromatic carbocycles. The Hall–Kier alpha value is 0.306. The van der Waals surface area contributed by atoms with Gasteiger partial charge in [0.25, 0.3) is 0 Å². The maximum Gasteiger partial charge on any atom is 1.00 e. The molecule has 2 N–H and O–H groups in total.